The van der Waals surface area contributed by atoms with Crippen LogP contribution >= 0.6 is 27.5 Å². The van der Waals surface area contributed by atoms with Crippen LogP contribution in [-0.4, -0.2) is 14.2 Å². The molecular formula is C17H18BrClO2. The predicted molar refractivity (Wildman–Crippen MR) is 90.7 cm³/mol. The fourth-order valence-corrected chi connectivity index (χ4v) is 3.30. The SMILES string of the molecule is COc1cc(Br)c(C(Cl)C(C)c2ccccc2)cc1OC. The number of alkyl halides is 1. The van der Waals surface area contributed by atoms with E-state index in [2.05, 4.69) is 35.0 Å². The molecule has 0 bridgehead atoms. The van der Waals surface area contributed by atoms with Crippen LogP contribution in [0.25, 0.3) is 0 Å². The van der Waals surface area contributed by atoms with Gasteiger partial charge >= 0.3 is 0 Å². The van der Waals surface area contributed by atoms with E-state index in [4.69, 9.17) is 21.1 Å². The third-order valence-electron chi connectivity index (χ3n) is 3.56. The van der Waals surface area contributed by atoms with Gasteiger partial charge < -0.3 is 9.47 Å². The van der Waals surface area contributed by atoms with Crippen molar-refractivity contribution in [1.82, 2.24) is 0 Å². The lowest BCUT2D eigenvalue weighted by Gasteiger charge is -2.21. The van der Waals surface area contributed by atoms with Gasteiger partial charge in [-0.1, -0.05) is 53.2 Å². The number of ether oxygens (including phenoxy) is 2. The highest BCUT2D eigenvalue weighted by Gasteiger charge is 2.22. The number of hydrogen-bond acceptors (Lipinski definition) is 2. The Bertz CT molecular complexity index is 601. The first kappa shape index (κ1) is 16.2. The van der Waals surface area contributed by atoms with Crippen molar-refractivity contribution in [2.75, 3.05) is 14.2 Å². The van der Waals surface area contributed by atoms with E-state index in [1.807, 2.05) is 30.3 Å². The zero-order valence-electron chi connectivity index (χ0n) is 12.3. The van der Waals surface area contributed by atoms with Crippen LogP contribution < -0.4 is 9.47 Å². The van der Waals surface area contributed by atoms with Gasteiger partial charge in [-0.05, 0) is 23.3 Å². The van der Waals surface area contributed by atoms with Crippen molar-refractivity contribution in [2.24, 2.45) is 0 Å². The summed E-state index contributed by atoms with van der Waals surface area (Å²) >= 11 is 10.3. The van der Waals surface area contributed by atoms with E-state index in [1.165, 1.54) is 5.56 Å². The minimum absolute atomic E-state index is 0.165. The molecule has 112 valence electrons. The molecule has 2 rings (SSSR count). The minimum atomic E-state index is -0.165. The molecule has 2 nitrogen and oxygen atoms in total. The zero-order chi connectivity index (χ0) is 15.4. The molecule has 2 aromatic carbocycles. The van der Waals surface area contributed by atoms with Crippen LogP contribution in [0.1, 0.15) is 29.3 Å². The molecule has 0 saturated heterocycles. The van der Waals surface area contributed by atoms with Crippen molar-refractivity contribution >= 4 is 27.5 Å². The van der Waals surface area contributed by atoms with E-state index in [9.17, 15) is 0 Å². The van der Waals surface area contributed by atoms with Crippen LogP contribution in [0.2, 0.25) is 0 Å². The van der Waals surface area contributed by atoms with E-state index in [0.717, 1.165) is 10.0 Å². The summed E-state index contributed by atoms with van der Waals surface area (Å²) < 4.78 is 11.6. The first-order valence-electron chi connectivity index (χ1n) is 6.69. The molecule has 0 heterocycles. The quantitative estimate of drug-likeness (QED) is 0.643. The van der Waals surface area contributed by atoms with Gasteiger partial charge in [-0.25, -0.2) is 0 Å². The van der Waals surface area contributed by atoms with Crippen LogP contribution in [0.15, 0.2) is 46.9 Å². The average Bonchev–Trinajstić information content (AvgIpc) is 2.54. The molecule has 4 heteroatoms. The lowest BCUT2D eigenvalue weighted by molar-refractivity contribution is 0.354. The predicted octanol–water partition coefficient (Wildman–Crippen LogP) is 5.55. The lowest BCUT2D eigenvalue weighted by atomic mass is 9.93. The normalized spacial score (nSPS) is 13.6. The second-order valence-electron chi connectivity index (χ2n) is 4.83. The number of rotatable bonds is 5. The molecule has 0 aromatic heterocycles. The van der Waals surface area contributed by atoms with Gasteiger partial charge in [0.15, 0.2) is 11.5 Å². The van der Waals surface area contributed by atoms with E-state index in [1.54, 1.807) is 14.2 Å². The Morgan fingerprint density at radius 2 is 1.57 bits per heavy atom. The Kier molecular flexibility index (Phi) is 5.54. The van der Waals surface area contributed by atoms with Gasteiger partial charge in [-0.2, -0.15) is 0 Å². The summed E-state index contributed by atoms with van der Waals surface area (Å²) in [5.41, 5.74) is 2.20. The molecule has 21 heavy (non-hydrogen) atoms. The van der Waals surface area contributed by atoms with Gasteiger partial charge in [0.1, 0.15) is 0 Å². The van der Waals surface area contributed by atoms with Crippen LogP contribution in [-0.2, 0) is 0 Å². The van der Waals surface area contributed by atoms with Gasteiger partial charge in [0.2, 0.25) is 0 Å². The summed E-state index contributed by atoms with van der Waals surface area (Å²) in [4.78, 5) is 0. The maximum absolute atomic E-state index is 6.69. The van der Waals surface area contributed by atoms with Gasteiger partial charge in [0.05, 0.1) is 19.6 Å². The summed E-state index contributed by atoms with van der Waals surface area (Å²) in [6.07, 6.45) is 0. The van der Waals surface area contributed by atoms with E-state index >= 15 is 0 Å². The Hall–Kier alpha value is -1.19. The van der Waals surface area contributed by atoms with Gasteiger partial charge in [-0.3, -0.25) is 0 Å². The van der Waals surface area contributed by atoms with Crippen LogP contribution in [0.5, 0.6) is 11.5 Å². The fourth-order valence-electron chi connectivity index (χ4n) is 2.28. The number of benzene rings is 2. The lowest BCUT2D eigenvalue weighted by Crippen LogP contribution is -2.04. The molecule has 0 N–H and O–H groups in total. The Balaban J connectivity index is 2.37. The van der Waals surface area contributed by atoms with Crippen molar-refractivity contribution in [3.05, 3.63) is 58.1 Å². The molecule has 0 spiro atoms. The van der Waals surface area contributed by atoms with Crippen molar-refractivity contribution in [1.29, 1.82) is 0 Å². The Labute approximate surface area is 139 Å². The molecule has 0 radical (unpaired) electrons. The Morgan fingerprint density at radius 1 is 1.00 bits per heavy atom. The fraction of sp³-hybridized carbons (Fsp3) is 0.294. The molecule has 0 aliphatic heterocycles. The largest absolute Gasteiger partial charge is 0.493 e. The highest BCUT2D eigenvalue weighted by atomic mass is 79.9. The third kappa shape index (κ3) is 3.53. The number of halogens is 2. The highest BCUT2D eigenvalue weighted by Crippen LogP contribution is 2.43. The van der Waals surface area contributed by atoms with E-state index in [0.29, 0.717) is 11.5 Å². The van der Waals surface area contributed by atoms with Gasteiger partial charge in [0, 0.05) is 10.4 Å². The summed E-state index contributed by atoms with van der Waals surface area (Å²) in [6, 6.07) is 14.1. The molecule has 0 aliphatic rings. The minimum Gasteiger partial charge on any atom is -0.493 e. The third-order valence-corrected chi connectivity index (χ3v) is 4.86. The summed E-state index contributed by atoms with van der Waals surface area (Å²) in [7, 11) is 3.24. The van der Waals surface area contributed by atoms with Crippen LogP contribution in [0, 0.1) is 0 Å². The smallest absolute Gasteiger partial charge is 0.161 e. The zero-order valence-corrected chi connectivity index (χ0v) is 14.6. The van der Waals surface area contributed by atoms with Gasteiger partial charge in [-0.15, -0.1) is 11.6 Å². The first-order chi connectivity index (χ1) is 10.1. The van der Waals surface area contributed by atoms with Crippen molar-refractivity contribution < 1.29 is 9.47 Å². The maximum atomic E-state index is 6.69. The Morgan fingerprint density at radius 3 is 2.14 bits per heavy atom. The molecule has 0 amide bonds. The number of methoxy groups -OCH3 is 2. The van der Waals surface area contributed by atoms with Crippen molar-refractivity contribution in [3.63, 3.8) is 0 Å². The van der Waals surface area contributed by atoms with Gasteiger partial charge in [0.25, 0.3) is 0 Å². The highest BCUT2D eigenvalue weighted by molar-refractivity contribution is 9.10. The molecular weight excluding hydrogens is 352 g/mol. The molecule has 0 aliphatic carbocycles. The summed E-state index contributed by atoms with van der Waals surface area (Å²) in [6.45, 7) is 2.12. The molecule has 2 aromatic rings. The van der Waals surface area contributed by atoms with E-state index in [-0.39, 0.29) is 11.3 Å². The average molecular weight is 370 g/mol. The number of hydrogen-bond donors (Lipinski definition) is 0. The van der Waals surface area contributed by atoms with Crippen LogP contribution in [0.3, 0.4) is 0 Å². The van der Waals surface area contributed by atoms with Crippen molar-refractivity contribution in [2.45, 2.75) is 18.2 Å². The summed E-state index contributed by atoms with van der Waals surface area (Å²) in [5, 5.41) is -0.165. The second kappa shape index (κ2) is 7.19. The topological polar surface area (TPSA) is 18.5 Å². The first-order valence-corrected chi connectivity index (χ1v) is 7.91. The van der Waals surface area contributed by atoms with E-state index < -0.39 is 0 Å². The molecule has 2 atom stereocenters. The summed E-state index contributed by atoms with van der Waals surface area (Å²) in [5.74, 6) is 1.55. The second-order valence-corrected chi connectivity index (χ2v) is 6.15. The standard InChI is InChI=1S/C17H18BrClO2/c1-11(12-7-5-4-6-8-12)17(19)13-9-15(20-2)16(21-3)10-14(13)18/h4-11,17H,1-3H3. The molecule has 2 unspecified atom stereocenters. The molecule has 0 saturated carbocycles. The molecule has 0 fully saturated rings. The monoisotopic (exact) mass is 368 g/mol. The maximum Gasteiger partial charge on any atom is 0.161 e. The van der Waals surface area contributed by atoms with Crippen LogP contribution in [0.4, 0.5) is 0 Å². The van der Waals surface area contributed by atoms with Crippen molar-refractivity contribution in [3.8, 4) is 11.5 Å².